The molecule has 0 N–H and O–H groups in total. The Morgan fingerprint density at radius 1 is 1.50 bits per heavy atom. The third-order valence-corrected chi connectivity index (χ3v) is 1.99. The summed E-state index contributed by atoms with van der Waals surface area (Å²) in [6.45, 7) is 8.26. The zero-order valence-corrected chi connectivity index (χ0v) is 6.72. The molecular weight excluding hydrogens is 124 g/mol. The Hall–Kier alpha value is -0.790. The van der Waals surface area contributed by atoms with Crippen LogP contribution in [0.4, 0.5) is 0 Å². The van der Waals surface area contributed by atoms with Crippen molar-refractivity contribution in [3.05, 3.63) is 12.3 Å². The smallest absolute Gasteiger partial charge is 0.0540 e. The van der Waals surface area contributed by atoms with Gasteiger partial charge in [-0.05, 0) is 13.3 Å². The van der Waals surface area contributed by atoms with Crippen molar-refractivity contribution in [1.82, 2.24) is 4.90 Å². The van der Waals surface area contributed by atoms with Gasteiger partial charge in [-0.1, -0.05) is 6.58 Å². The van der Waals surface area contributed by atoms with E-state index in [1.807, 2.05) is 6.92 Å². The molecule has 0 spiro atoms. The second-order valence-electron chi connectivity index (χ2n) is 2.60. The van der Waals surface area contributed by atoms with E-state index >= 15 is 0 Å². The van der Waals surface area contributed by atoms with Crippen LogP contribution in [0.2, 0.25) is 0 Å². The van der Waals surface area contributed by atoms with Gasteiger partial charge in [-0.15, -0.1) is 0 Å². The van der Waals surface area contributed by atoms with Crippen molar-refractivity contribution >= 4 is 5.71 Å². The number of rotatable bonds is 2. The van der Waals surface area contributed by atoms with Crippen LogP contribution in [0.5, 0.6) is 0 Å². The summed E-state index contributed by atoms with van der Waals surface area (Å²) < 4.78 is 0. The van der Waals surface area contributed by atoms with Crippen molar-refractivity contribution in [1.29, 1.82) is 0 Å². The highest BCUT2D eigenvalue weighted by Gasteiger charge is 2.16. The van der Waals surface area contributed by atoms with E-state index in [0.717, 1.165) is 24.5 Å². The molecule has 0 atom stereocenters. The summed E-state index contributed by atoms with van der Waals surface area (Å²) in [5.74, 6) is 0. The quantitative estimate of drug-likeness (QED) is 0.525. The Bertz CT molecular complexity index is 166. The van der Waals surface area contributed by atoms with Crippen LogP contribution in [-0.4, -0.2) is 30.7 Å². The SMILES string of the molecule is C=C(C(C)=NC)N1CCC1. The molecule has 0 aromatic rings. The Labute approximate surface area is 62.3 Å². The average Bonchev–Trinajstić information content (AvgIpc) is 1.82. The van der Waals surface area contributed by atoms with Crippen molar-refractivity contribution in [3.8, 4) is 0 Å². The Kier molecular flexibility index (Phi) is 2.10. The van der Waals surface area contributed by atoms with Crippen molar-refractivity contribution in [2.45, 2.75) is 13.3 Å². The van der Waals surface area contributed by atoms with E-state index in [2.05, 4.69) is 16.5 Å². The summed E-state index contributed by atoms with van der Waals surface area (Å²) in [7, 11) is 1.81. The van der Waals surface area contributed by atoms with Gasteiger partial charge in [0.25, 0.3) is 0 Å². The lowest BCUT2D eigenvalue weighted by atomic mass is 10.1. The molecule has 0 unspecified atom stereocenters. The van der Waals surface area contributed by atoms with Crippen LogP contribution in [0.15, 0.2) is 17.3 Å². The Morgan fingerprint density at radius 3 is 2.40 bits per heavy atom. The summed E-state index contributed by atoms with van der Waals surface area (Å²) in [4.78, 5) is 6.32. The van der Waals surface area contributed by atoms with Crippen molar-refractivity contribution in [3.63, 3.8) is 0 Å². The number of hydrogen-bond donors (Lipinski definition) is 0. The van der Waals surface area contributed by atoms with Gasteiger partial charge >= 0.3 is 0 Å². The van der Waals surface area contributed by atoms with Gasteiger partial charge < -0.3 is 4.90 Å². The molecule has 1 aliphatic heterocycles. The van der Waals surface area contributed by atoms with Gasteiger partial charge in [-0.3, -0.25) is 4.99 Å². The number of nitrogens with zero attached hydrogens (tertiary/aromatic N) is 2. The topological polar surface area (TPSA) is 15.6 Å². The van der Waals surface area contributed by atoms with Crippen LogP contribution in [0.25, 0.3) is 0 Å². The van der Waals surface area contributed by atoms with Crippen molar-refractivity contribution in [2.24, 2.45) is 4.99 Å². The summed E-state index contributed by atoms with van der Waals surface area (Å²) in [5.41, 5.74) is 2.15. The zero-order chi connectivity index (χ0) is 7.56. The molecule has 0 bridgehead atoms. The molecule has 0 saturated carbocycles. The third kappa shape index (κ3) is 1.20. The minimum absolute atomic E-state index is 1.06. The molecule has 1 saturated heterocycles. The minimum Gasteiger partial charge on any atom is -0.370 e. The first-order valence-corrected chi connectivity index (χ1v) is 3.63. The number of hydrogen-bond acceptors (Lipinski definition) is 2. The van der Waals surface area contributed by atoms with E-state index in [1.54, 1.807) is 7.05 Å². The normalized spacial score (nSPS) is 18.6. The average molecular weight is 138 g/mol. The molecule has 1 aliphatic rings. The highest BCUT2D eigenvalue weighted by Crippen LogP contribution is 2.13. The summed E-state index contributed by atoms with van der Waals surface area (Å²) in [5, 5.41) is 0. The van der Waals surface area contributed by atoms with E-state index in [0.29, 0.717) is 0 Å². The third-order valence-electron chi connectivity index (χ3n) is 1.99. The maximum Gasteiger partial charge on any atom is 0.0540 e. The molecule has 0 aromatic heterocycles. The number of likely N-dealkylation sites (tertiary alicyclic amines) is 1. The van der Waals surface area contributed by atoms with Gasteiger partial charge in [-0.25, -0.2) is 0 Å². The zero-order valence-electron chi connectivity index (χ0n) is 6.72. The van der Waals surface area contributed by atoms with E-state index in [4.69, 9.17) is 0 Å². The summed E-state index contributed by atoms with van der Waals surface area (Å²) >= 11 is 0. The fourth-order valence-electron chi connectivity index (χ4n) is 0.944. The first-order chi connectivity index (χ1) is 4.75. The first kappa shape index (κ1) is 7.32. The summed E-state index contributed by atoms with van der Waals surface area (Å²) in [6, 6.07) is 0. The van der Waals surface area contributed by atoms with Crippen LogP contribution in [0.3, 0.4) is 0 Å². The van der Waals surface area contributed by atoms with E-state index in [1.165, 1.54) is 6.42 Å². The van der Waals surface area contributed by atoms with Gasteiger partial charge in [-0.2, -0.15) is 0 Å². The van der Waals surface area contributed by atoms with E-state index < -0.39 is 0 Å². The molecule has 1 heterocycles. The molecule has 0 radical (unpaired) electrons. The molecule has 1 rings (SSSR count). The van der Waals surface area contributed by atoms with Gasteiger partial charge in [0, 0.05) is 20.1 Å². The van der Waals surface area contributed by atoms with Crippen LogP contribution in [-0.2, 0) is 0 Å². The van der Waals surface area contributed by atoms with Crippen molar-refractivity contribution < 1.29 is 0 Å². The number of allylic oxidation sites excluding steroid dienone is 1. The minimum atomic E-state index is 1.06. The van der Waals surface area contributed by atoms with Gasteiger partial charge in [0.15, 0.2) is 0 Å². The largest absolute Gasteiger partial charge is 0.370 e. The second kappa shape index (κ2) is 2.86. The highest BCUT2D eigenvalue weighted by molar-refractivity contribution is 5.97. The molecule has 0 amide bonds. The van der Waals surface area contributed by atoms with Crippen LogP contribution < -0.4 is 0 Å². The molecule has 1 fully saturated rings. The van der Waals surface area contributed by atoms with Crippen LogP contribution in [0, 0.1) is 0 Å². The summed E-state index contributed by atoms with van der Waals surface area (Å²) in [6.07, 6.45) is 1.30. The predicted molar refractivity (Wildman–Crippen MR) is 44.4 cm³/mol. The fraction of sp³-hybridized carbons (Fsp3) is 0.625. The maximum atomic E-state index is 4.07. The monoisotopic (exact) mass is 138 g/mol. The van der Waals surface area contributed by atoms with Gasteiger partial charge in [0.1, 0.15) is 0 Å². The second-order valence-corrected chi connectivity index (χ2v) is 2.60. The molecular formula is C8H14N2. The lowest BCUT2D eigenvalue weighted by molar-refractivity contribution is 0.252. The molecule has 10 heavy (non-hydrogen) atoms. The maximum absolute atomic E-state index is 4.07. The van der Waals surface area contributed by atoms with Crippen LogP contribution in [0.1, 0.15) is 13.3 Å². The molecule has 0 aromatic carbocycles. The Balaban J connectivity index is 2.48. The van der Waals surface area contributed by atoms with E-state index in [9.17, 15) is 0 Å². The first-order valence-electron chi connectivity index (χ1n) is 3.63. The highest BCUT2D eigenvalue weighted by atomic mass is 15.2. The number of aliphatic imine (C=N–C) groups is 1. The molecule has 2 nitrogen and oxygen atoms in total. The van der Waals surface area contributed by atoms with Crippen molar-refractivity contribution in [2.75, 3.05) is 20.1 Å². The molecule has 56 valence electrons. The molecule has 2 heteroatoms. The van der Waals surface area contributed by atoms with Gasteiger partial charge in [0.2, 0.25) is 0 Å². The fourth-order valence-corrected chi connectivity index (χ4v) is 0.944. The predicted octanol–water partition coefficient (Wildman–Crippen LogP) is 1.30. The van der Waals surface area contributed by atoms with Crippen LogP contribution >= 0.6 is 0 Å². The molecule has 0 aliphatic carbocycles. The van der Waals surface area contributed by atoms with Gasteiger partial charge in [0.05, 0.1) is 11.4 Å². The van der Waals surface area contributed by atoms with E-state index in [-0.39, 0.29) is 0 Å². The standard InChI is InChI=1S/C8H14N2/c1-7(9-3)8(2)10-5-4-6-10/h2,4-6H2,1,3H3. The lowest BCUT2D eigenvalue weighted by Gasteiger charge is -2.34. The Morgan fingerprint density at radius 2 is 2.10 bits per heavy atom. The lowest BCUT2D eigenvalue weighted by Crippen LogP contribution is -2.37.